The van der Waals surface area contributed by atoms with Crippen LogP contribution in [-0.2, 0) is 13.0 Å². The van der Waals surface area contributed by atoms with Crippen molar-refractivity contribution in [2.24, 2.45) is 0 Å². The number of hydrogen-bond donors (Lipinski definition) is 0. The molecule has 0 atom stereocenters. The van der Waals surface area contributed by atoms with Gasteiger partial charge in [-0.25, -0.2) is 4.98 Å². The maximum absolute atomic E-state index is 5.30. The number of rotatable bonds is 5. The van der Waals surface area contributed by atoms with Gasteiger partial charge in [0, 0.05) is 6.54 Å². The third kappa shape index (κ3) is 2.59. The minimum Gasteiger partial charge on any atom is -0.496 e. The van der Waals surface area contributed by atoms with E-state index in [4.69, 9.17) is 4.74 Å². The molecule has 1 aromatic carbocycles. The van der Waals surface area contributed by atoms with Crippen LogP contribution in [0, 0.1) is 0 Å². The van der Waals surface area contributed by atoms with Crippen LogP contribution in [0.15, 0.2) is 36.9 Å². The summed E-state index contributed by atoms with van der Waals surface area (Å²) in [5, 5.41) is 4.06. The van der Waals surface area contributed by atoms with E-state index in [2.05, 4.69) is 16.1 Å². The summed E-state index contributed by atoms with van der Waals surface area (Å²) in [6.45, 7) is 0.887. The molecule has 0 spiro atoms. The molecule has 0 saturated heterocycles. The first-order chi connectivity index (χ1) is 7.90. The standard InChI is InChI=1S/C12H15N3O/c1-16-12-7-3-2-5-11(12)6-4-8-15-10-13-9-14-15/h2-3,5,7,9-10H,4,6,8H2,1H3. The second-order valence-corrected chi connectivity index (χ2v) is 3.57. The molecule has 0 fully saturated rings. The van der Waals surface area contributed by atoms with Gasteiger partial charge in [0.2, 0.25) is 0 Å². The molecule has 0 N–H and O–H groups in total. The Balaban J connectivity index is 1.89. The second kappa shape index (κ2) is 5.30. The molecule has 0 saturated carbocycles. The topological polar surface area (TPSA) is 39.9 Å². The molecule has 1 aromatic heterocycles. The van der Waals surface area contributed by atoms with Gasteiger partial charge in [-0.1, -0.05) is 18.2 Å². The summed E-state index contributed by atoms with van der Waals surface area (Å²) >= 11 is 0. The van der Waals surface area contributed by atoms with Crippen molar-refractivity contribution >= 4 is 0 Å². The van der Waals surface area contributed by atoms with E-state index >= 15 is 0 Å². The number of aryl methyl sites for hydroxylation is 2. The number of benzene rings is 1. The van der Waals surface area contributed by atoms with Crippen LogP contribution in [0.4, 0.5) is 0 Å². The summed E-state index contributed by atoms with van der Waals surface area (Å²) in [6, 6.07) is 8.11. The maximum Gasteiger partial charge on any atom is 0.137 e. The summed E-state index contributed by atoms with van der Waals surface area (Å²) in [7, 11) is 1.70. The van der Waals surface area contributed by atoms with Gasteiger partial charge in [-0.15, -0.1) is 0 Å². The highest BCUT2D eigenvalue weighted by Gasteiger charge is 2.01. The highest BCUT2D eigenvalue weighted by Crippen LogP contribution is 2.18. The third-order valence-electron chi connectivity index (χ3n) is 2.49. The zero-order chi connectivity index (χ0) is 11.2. The highest BCUT2D eigenvalue weighted by atomic mass is 16.5. The molecule has 2 rings (SSSR count). The normalized spacial score (nSPS) is 10.3. The van der Waals surface area contributed by atoms with Gasteiger partial charge in [-0.3, -0.25) is 4.68 Å². The van der Waals surface area contributed by atoms with E-state index in [0.29, 0.717) is 0 Å². The molecule has 2 aromatic rings. The lowest BCUT2D eigenvalue weighted by Crippen LogP contribution is -2.00. The predicted molar refractivity (Wildman–Crippen MR) is 61.3 cm³/mol. The zero-order valence-corrected chi connectivity index (χ0v) is 9.34. The zero-order valence-electron chi connectivity index (χ0n) is 9.34. The number of nitrogens with zero attached hydrogens (tertiary/aromatic N) is 3. The van der Waals surface area contributed by atoms with Gasteiger partial charge in [0.15, 0.2) is 0 Å². The fourth-order valence-corrected chi connectivity index (χ4v) is 1.69. The lowest BCUT2D eigenvalue weighted by atomic mass is 10.1. The van der Waals surface area contributed by atoms with E-state index in [1.54, 1.807) is 19.8 Å². The first kappa shape index (κ1) is 10.7. The summed E-state index contributed by atoms with van der Waals surface area (Å²) in [5.41, 5.74) is 1.24. The fourth-order valence-electron chi connectivity index (χ4n) is 1.69. The number of para-hydroxylation sites is 1. The monoisotopic (exact) mass is 217 g/mol. The van der Waals surface area contributed by atoms with Gasteiger partial charge in [0.25, 0.3) is 0 Å². The van der Waals surface area contributed by atoms with Crippen molar-refractivity contribution in [1.29, 1.82) is 0 Å². The van der Waals surface area contributed by atoms with Crippen LogP contribution in [0.1, 0.15) is 12.0 Å². The molecule has 0 radical (unpaired) electrons. The molecule has 0 unspecified atom stereocenters. The molecular weight excluding hydrogens is 202 g/mol. The summed E-state index contributed by atoms with van der Waals surface area (Å²) in [5.74, 6) is 0.959. The second-order valence-electron chi connectivity index (χ2n) is 3.57. The molecule has 4 heteroatoms. The molecule has 0 amide bonds. The summed E-state index contributed by atoms with van der Waals surface area (Å²) in [6.07, 6.45) is 5.32. The highest BCUT2D eigenvalue weighted by molar-refractivity contribution is 5.33. The Morgan fingerprint density at radius 1 is 1.31 bits per heavy atom. The van der Waals surface area contributed by atoms with Crippen molar-refractivity contribution in [3.05, 3.63) is 42.5 Å². The Morgan fingerprint density at radius 2 is 2.19 bits per heavy atom. The van der Waals surface area contributed by atoms with E-state index in [1.165, 1.54) is 5.56 Å². The van der Waals surface area contributed by atoms with Crippen molar-refractivity contribution in [3.8, 4) is 5.75 Å². The van der Waals surface area contributed by atoms with E-state index in [-0.39, 0.29) is 0 Å². The summed E-state index contributed by atoms with van der Waals surface area (Å²) < 4.78 is 7.14. The molecule has 0 aliphatic heterocycles. The van der Waals surface area contributed by atoms with Crippen LogP contribution >= 0.6 is 0 Å². The third-order valence-corrected chi connectivity index (χ3v) is 2.49. The lowest BCUT2D eigenvalue weighted by molar-refractivity contribution is 0.408. The van der Waals surface area contributed by atoms with Gasteiger partial charge in [-0.05, 0) is 24.5 Å². The van der Waals surface area contributed by atoms with Crippen molar-refractivity contribution in [2.75, 3.05) is 7.11 Å². The van der Waals surface area contributed by atoms with Crippen molar-refractivity contribution in [1.82, 2.24) is 14.8 Å². The SMILES string of the molecule is COc1ccccc1CCCn1cncn1. The Labute approximate surface area is 94.9 Å². The lowest BCUT2D eigenvalue weighted by Gasteiger charge is -2.07. The van der Waals surface area contributed by atoms with Crippen LogP contribution in [-0.4, -0.2) is 21.9 Å². The Hall–Kier alpha value is -1.84. The van der Waals surface area contributed by atoms with Gasteiger partial charge >= 0.3 is 0 Å². The first-order valence-electron chi connectivity index (χ1n) is 5.34. The van der Waals surface area contributed by atoms with Crippen LogP contribution in [0.3, 0.4) is 0 Å². The molecule has 0 aliphatic rings. The van der Waals surface area contributed by atoms with Crippen LogP contribution in [0.25, 0.3) is 0 Å². The minimum atomic E-state index is 0.887. The predicted octanol–water partition coefficient (Wildman–Crippen LogP) is 1.92. The molecule has 0 bridgehead atoms. The smallest absolute Gasteiger partial charge is 0.137 e. The van der Waals surface area contributed by atoms with Crippen LogP contribution in [0.2, 0.25) is 0 Å². The Bertz CT molecular complexity index is 426. The fraction of sp³-hybridized carbons (Fsp3) is 0.333. The first-order valence-corrected chi connectivity index (χ1v) is 5.34. The molecular formula is C12H15N3O. The minimum absolute atomic E-state index is 0.887. The van der Waals surface area contributed by atoms with E-state index < -0.39 is 0 Å². The Morgan fingerprint density at radius 3 is 2.94 bits per heavy atom. The molecule has 1 heterocycles. The van der Waals surface area contributed by atoms with E-state index in [1.807, 2.05) is 22.9 Å². The average molecular weight is 217 g/mol. The van der Waals surface area contributed by atoms with Crippen molar-refractivity contribution in [3.63, 3.8) is 0 Å². The number of aromatic nitrogens is 3. The quantitative estimate of drug-likeness (QED) is 0.768. The van der Waals surface area contributed by atoms with E-state index in [0.717, 1.165) is 25.1 Å². The maximum atomic E-state index is 5.30. The molecule has 84 valence electrons. The van der Waals surface area contributed by atoms with Crippen molar-refractivity contribution < 1.29 is 4.74 Å². The average Bonchev–Trinajstić information content (AvgIpc) is 2.83. The molecule has 16 heavy (non-hydrogen) atoms. The number of methoxy groups -OCH3 is 1. The van der Waals surface area contributed by atoms with Crippen LogP contribution < -0.4 is 4.74 Å². The van der Waals surface area contributed by atoms with Gasteiger partial charge < -0.3 is 4.74 Å². The number of hydrogen-bond acceptors (Lipinski definition) is 3. The largest absolute Gasteiger partial charge is 0.496 e. The molecule has 0 aliphatic carbocycles. The van der Waals surface area contributed by atoms with Gasteiger partial charge in [0.1, 0.15) is 18.4 Å². The van der Waals surface area contributed by atoms with Gasteiger partial charge in [0.05, 0.1) is 7.11 Å². The Kier molecular flexibility index (Phi) is 3.53. The molecule has 4 nitrogen and oxygen atoms in total. The summed E-state index contributed by atoms with van der Waals surface area (Å²) in [4.78, 5) is 3.91. The van der Waals surface area contributed by atoms with Crippen molar-refractivity contribution in [2.45, 2.75) is 19.4 Å². The van der Waals surface area contributed by atoms with Gasteiger partial charge in [-0.2, -0.15) is 5.10 Å². The number of ether oxygens (including phenoxy) is 1. The van der Waals surface area contributed by atoms with E-state index in [9.17, 15) is 0 Å². The van der Waals surface area contributed by atoms with Crippen LogP contribution in [0.5, 0.6) is 5.75 Å².